The van der Waals surface area contributed by atoms with Crippen molar-refractivity contribution >= 4 is 21.8 Å². The van der Waals surface area contributed by atoms with Crippen molar-refractivity contribution in [1.29, 1.82) is 0 Å². The quantitative estimate of drug-likeness (QED) is 0.916. The first-order valence-corrected chi connectivity index (χ1v) is 6.27. The molecule has 18 heavy (non-hydrogen) atoms. The second-order valence-corrected chi connectivity index (χ2v) is 4.91. The molecule has 0 saturated carbocycles. The van der Waals surface area contributed by atoms with Gasteiger partial charge in [-0.15, -0.1) is 0 Å². The minimum absolute atomic E-state index is 0.0751. The zero-order valence-electron chi connectivity index (χ0n) is 10.2. The van der Waals surface area contributed by atoms with Gasteiger partial charge < -0.3 is 5.32 Å². The Labute approximate surface area is 113 Å². The lowest BCUT2D eigenvalue weighted by Crippen LogP contribution is -2.27. The van der Waals surface area contributed by atoms with Crippen molar-refractivity contribution in [2.75, 3.05) is 0 Å². The van der Waals surface area contributed by atoms with Gasteiger partial charge in [-0.05, 0) is 22.9 Å². The van der Waals surface area contributed by atoms with Crippen molar-refractivity contribution in [2.24, 2.45) is 7.05 Å². The fraction of sp³-hybridized carbons (Fsp3) is 0.364. The Morgan fingerprint density at radius 3 is 2.83 bits per heavy atom. The highest BCUT2D eigenvalue weighted by atomic mass is 79.9. The number of nitrogens with one attached hydrogen (secondary N) is 1. The summed E-state index contributed by atoms with van der Waals surface area (Å²) in [7, 11) is 1.84. The highest BCUT2D eigenvalue weighted by Gasteiger charge is 2.06. The molecule has 6 nitrogen and oxygen atoms in total. The monoisotopic (exact) mass is 311 g/mol. The number of aromatic nitrogens is 4. The summed E-state index contributed by atoms with van der Waals surface area (Å²) < 4.78 is 4.22. The molecule has 1 amide bonds. The van der Waals surface area contributed by atoms with Gasteiger partial charge in [-0.1, -0.05) is 0 Å². The lowest BCUT2D eigenvalue weighted by atomic mass is 10.3. The Kier molecular flexibility index (Phi) is 3.81. The first-order valence-electron chi connectivity index (χ1n) is 5.48. The molecule has 0 aromatic carbocycles. The van der Waals surface area contributed by atoms with E-state index in [1.807, 2.05) is 20.2 Å². The van der Waals surface area contributed by atoms with Gasteiger partial charge in [0.05, 0.1) is 16.4 Å². The van der Waals surface area contributed by atoms with Crippen molar-refractivity contribution < 1.29 is 4.79 Å². The smallest absolute Gasteiger partial charge is 0.242 e. The van der Waals surface area contributed by atoms with Gasteiger partial charge in [0, 0.05) is 31.5 Å². The molecule has 2 heterocycles. The zero-order chi connectivity index (χ0) is 13.1. The topological polar surface area (TPSA) is 64.7 Å². The molecule has 2 aromatic heterocycles. The maximum absolute atomic E-state index is 11.7. The third kappa shape index (κ3) is 3.19. The van der Waals surface area contributed by atoms with Gasteiger partial charge in [0.25, 0.3) is 0 Å². The molecule has 0 atom stereocenters. The predicted molar refractivity (Wildman–Crippen MR) is 69.7 cm³/mol. The fourth-order valence-electron chi connectivity index (χ4n) is 1.54. The summed E-state index contributed by atoms with van der Waals surface area (Å²) >= 11 is 3.36. The maximum atomic E-state index is 11.7. The summed E-state index contributed by atoms with van der Waals surface area (Å²) in [5.74, 6) is -0.0751. The lowest BCUT2D eigenvalue weighted by molar-refractivity contribution is -0.122. The predicted octanol–water partition coefficient (Wildman–Crippen LogP) is 1.00. The van der Waals surface area contributed by atoms with Crippen LogP contribution in [0.5, 0.6) is 0 Å². The van der Waals surface area contributed by atoms with Crippen LogP contribution in [0, 0.1) is 6.92 Å². The molecule has 96 valence electrons. The van der Waals surface area contributed by atoms with Crippen LogP contribution in [0.2, 0.25) is 0 Å². The number of nitrogens with zero attached hydrogens (tertiary/aromatic N) is 4. The van der Waals surface area contributed by atoms with Gasteiger partial charge in [0.1, 0.15) is 6.54 Å². The van der Waals surface area contributed by atoms with E-state index in [1.165, 1.54) is 0 Å². The van der Waals surface area contributed by atoms with Crippen LogP contribution in [0.25, 0.3) is 0 Å². The largest absolute Gasteiger partial charge is 0.350 e. The Balaban J connectivity index is 1.85. The number of aryl methyl sites for hydroxylation is 2. The Hall–Kier alpha value is -1.63. The molecule has 0 aliphatic rings. The minimum atomic E-state index is -0.0751. The second kappa shape index (κ2) is 5.34. The van der Waals surface area contributed by atoms with Gasteiger partial charge in [0.15, 0.2) is 0 Å². The Bertz CT molecular complexity index is 540. The van der Waals surface area contributed by atoms with E-state index in [2.05, 4.69) is 31.4 Å². The number of carbonyl (C=O) groups excluding carboxylic acids is 1. The van der Waals surface area contributed by atoms with Crippen LogP contribution in [0.4, 0.5) is 0 Å². The summed E-state index contributed by atoms with van der Waals surface area (Å²) in [6.07, 6.45) is 5.39. The SMILES string of the molecule is Cc1nn(CC(=O)NCc2cnn(C)c2)cc1Br. The molecule has 0 aliphatic carbocycles. The normalized spacial score (nSPS) is 10.6. The second-order valence-electron chi connectivity index (χ2n) is 4.06. The van der Waals surface area contributed by atoms with E-state index in [-0.39, 0.29) is 12.5 Å². The number of halogens is 1. The molecule has 7 heteroatoms. The Morgan fingerprint density at radius 1 is 1.50 bits per heavy atom. The molecule has 2 aromatic rings. The van der Waals surface area contributed by atoms with Crippen LogP contribution in [0.1, 0.15) is 11.3 Å². The van der Waals surface area contributed by atoms with E-state index in [1.54, 1.807) is 21.8 Å². The van der Waals surface area contributed by atoms with Gasteiger partial charge in [-0.3, -0.25) is 14.2 Å². The van der Waals surface area contributed by atoms with Crippen LogP contribution in [-0.2, 0) is 24.9 Å². The van der Waals surface area contributed by atoms with Crippen molar-refractivity contribution in [3.05, 3.63) is 34.3 Å². The zero-order valence-corrected chi connectivity index (χ0v) is 11.8. The number of hydrogen-bond donors (Lipinski definition) is 1. The minimum Gasteiger partial charge on any atom is -0.350 e. The van der Waals surface area contributed by atoms with Crippen molar-refractivity contribution in [2.45, 2.75) is 20.0 Å². The number of hydrogen-bond acceptors (Lipinski definition) is 3. The van der Waals surface area contributed by atoms with Gasteiger partial charge in [0.2, 0.25) is 5.91 Å². The van der Waals surface area contributed by atoms with Crippen LogP contribution in [0.15, 0.2) is 23.1 Å². The number of amides is 1. The van der Waals surface area contributed by atoms with Crippen LogP contribution in [0.3, 0.4) is 0 Å². The molecule has 0 spiro atoms. The third-order valence-electron chi connectivity index (χ3n) is 2.44. The molecular weight excluding hydrogens is 298 g/mol. The number of carbonyl (C=O) groups is 1. The van der Waals surface area contributed by atoms with Crippen molar-refractivity contribution in [3.8, 4) is 0 Å². The molecule has 0 fully saturated rings. The molecule has 0 aliphatic heterocycles. The molecule has 1 N–H and O–H groups in total. The van der Waals surface area contributed by atoms with Crippen LogP contribution in [-0.4, -0.2) is 25.5 Å². The van der Waals surface area contributed by atoms with E-state index < -0.39 is 0 Å². The summed E-state index contributed by atoms with van der Waals surface area (Å²) in [5.41, 5.74) is 1.85. The molecule has 0 bridgehead atoms. The molecule has 0 saturated heterocycles. The lowest BCUT2D eigenvalue weighted by Gasteiger charge is -2.03. The van der Waals surface area contributed by atoms with E-state index in [4.69, 9.17) is 0 Å². The fourth-order valence-corrected chi connectivity index (χ4v) is 1.86. The van der Waals surface area contributed by atoms with E-state index in [0.717, 1.165) is 15.7 Å². The first-order chi connectivity index (χ1) is 8.54. The third-order valence-corrected chi connectivity index (χ3v) is 3.22. The molecular formula is C11H14BrN5O. The average Bonchev–Trinajstić information content (AvgIpc) is 2.84. The maximum Gasteiger partial charge on any atom is 0.242 e. The highest BCUT2D eigenvalue weighted by molar-refractivity contribution is 9.10. The Morgan fingerprint density at radius 2 is 2.28 bits per heavy atom. The van der Waals surface area contributed by atoms with Gasteiger partial charge in [-0.2, -0.15) is 10.2 Å². The van der Waals surface area contributed by atoms with Gasteiger partial charge in [-0.25, -0.2) is 0 Å². The summed E-state index contributed by atoms with van der Waals surface area (Å²) in [4.78, 5) is 11.7. The standard InChI is InChI=1S/C11H14BrN5O/c1-8-10(12)6-17(15-8)7-11(18)13-3-9-4-14-16(2)5-9/h4-6H,3,7H2,1-2H3,(H,13,18). The van der Waals surface area contributed by atoms with Crippen LogP contribution >= 0.6 is 15.9 Å². The van der Waals surface area contributed by atoms with E-state index in [9.17, 15) is 4.79 Å². The molecule has 0 radical (unpaired) electrons. The average molecular weight is 312 g/mol. The van der Waals surface area contributed by atoms with Crippen LogP contribution < -0.4 is 5.32 Å². The summed E-state index contributed by atoms with van der Waals surface area (Å²) in [5, 5.41) is 11.1. The van der Waals surface area contributed by atoms with Crippen molar-refractivity contribution in [1.82, 2.24) is 24.9 Å². The van der Waals surface area contributed by atoms with Gasteiger partial charge >= 0.3 is 0 Å². The number of rotatable bonds is 4. The first kappa shape index (κ1) is 12.8. The van der Waals surface area contributed by atoms with E-state index >= 15 is 0 Å². The summed E-state index contributed by atoms with van der Waals surface area (Å²) in [6, 6.07) is 0. The van der Waals surface area contributed by atoms with E-state index in [0.29, 0.717) is 6.54 Å². The molecule has 0 unspecified atom stereocenters. The summed E-state index contributed by atoms with van der Waals surface area (Å²) in [6.45, 7) is 2.58. The van der Waals surface area contributed by atoms with Crippen molar-refractivity contribution in [3.63, 3.8) is 0 Å². The highest BCUT2D eigenvalue weighted by Crippen LogP contribution is 2.12. The molecule has 2 rings (SSSR count).